The van der Waals surface area contributed by atoms with E-state index in [1.165, 1.54) is 38.5 Å². The maximum atomic E-state index is 2.26. The van der Waals surface area contributed by atoms with Crippen LogP contribution < -0.4 is 0 Å². The van der Waals surface area contributed by atoms with E-state index in [0.717, 1.165) is 0 Å². The molecule has 0 N–H and O–H groups in total. The van der Waals surface area contributed by atoms with Crippen LogP contribution in [0.3, 0.4) is 0 Å². The van der Waals surface area contributed by atoms with Crippen LogP contribution in [0, 0.1) is 0 Å². The van der Waals surface area contributed by atoms with Crippen molar-refractivity contribution in [2.45, 2.75) is 52.4 Å². The number of unbranched alkanes of at least 4 members (excludes halogenated alkanes) is 5. The predicted molar refractivity (Wildman–Crippen MR) is 56.3 cm³/mol. The van der Waals surface area contributed by atoms with E-state index in [1.54, 1.807) is 0 Å². The third-order valence-electron chi connectivity index (χ3n) is 1.46. The van der Waals surface area contributed by atoms with Gasteiger partial charge in [-0.05, 0) is 0 Å². The van der Waals surface area contributed by atoms with Gasteiger partial charge in [-0.3, -0.25) is 0 Å². The van der Waals surface area contributed by atoms with Crippen molar-refractivity contribution in [1.82, 2.24) is 0 Å². The van der Waals surface area contributed by atoms with Gasteiger partial charge in [-0.25, -0.2) is 0 Å². The molecule has 0 saturated heterocycles. The van der Waals surface area contributed by atoms with Gasteiger partial charge in [0.25, 0.3) is 0 Å². The van der Waals surface area contributed by atoms with Gasteiger partial charge in [0.15, 0.2) is 0 Å². The second-order valence-corrected chi connectivity index (χ2v) is 2.41. The quantitative estimate of drug-likeness (QED) is 0.503. The molecule has 0 aliphatic carbocycles. The fraction of sp³-hybridized carbons (Fsp3) is 1.00. The van der Waals surface area contributed by atoms with E-state index in [0.29, 0.717) is 0 Å². The minimum Gasteiger partial charge on any atom is -0.0654 e. The zero-order chi connectivity index (χ0) is 6.24. The van der Waals surface area contributed by atoms with Crippen LogP contribution >= 0.6 is 0 Å². The maximum absolute atomic E-state index is 2.26. The van der Waals surface area contributed by atoms with Crippen molar-refractivity contribution in [2.75, 3.05) is 0 Å². The second kappa shape index (κ2) is 24.2. The first-order chi connectivity index (χ1) is 3.91. The molecule has 0 aromatic heterocycles. The Morgan fingerprint density at radius 2 is 0.818 bits per heavy atom. The molecule has 0 aromatic carbocycles. The molecular formula is C8H18K3. The first-order valence-corrected chi connectivity index (χ1v) is 3.91. The average Bonchev–Trinajstić information content (AvgIpc) is 1.81. The van der Waals surface area contributed by atoms with Crippen LogP contribution in [0.25, 0.3) is 0 Å². The Hall–Kier alpha value is 4.91. The van der Waals surface area contributed by atoms with Crippen LogP contribution in [0.15, 0.2) is 0 Å². The third-order valence-corrected chi connectivity index (χ3v) is 1.46. The zero-order valence-electron chi connectivity index (χ0n) is 9.24. The summed E-state index contributed by atoms with van der Waals surface area (Å²) in [5.41, 5.74) is 0. The molecule has 0 bridgehead atoms. The Balaban J connectivity index is -0.0000000817. The summed E-state index contributed by atoms with van der Waals surface area (Å²) < 4.78 is 0. The summed E-state index contributed by atoms with van der Waals surface area (Å²) in [5.74, 6) is 0. The smallest absolute Gasteiger partial charge is 0 e. The van der Waals surface area contributed by atoms with Gasteiger partial charge in [0.05, 0.1) is 0 Å². The van der Waals surface area contributed by atoms with Gasteiger partial charge in [-0.15, -0.1) is 0 Å². The molecule has 3 radical (unpaired) electrons. The summed E-state index contributed by atoms with van der Waals surface area (Å²) in [6.45, 7) is 4.51. The van der Waals surface area contributed by atoms with Crippen LogP contribution in [0.1, 0.15) is 52.4 Å². The fourth-order valence-corrected chi connectivity index (χ4v) is 0.854. The van der Waals surface area contributed by atoms with Crippen molar-refractivity contribution < 1.29 is 0 Å². The Morgan fingerprint density at radius 1 is 0.545 bits per heavy atom. The summed E-state index contributed by atoms with van der Waals surface area (Å²) >= 11 is 0. The Morgan fingerprint density at radius 3 is 1.00 bits per heavy atom. The molecule has 0 aliphatic rings. The van der Waals surface area contributed by atoms with Crippen LogP contribution in [0.4, 0.5) is 0 Å². The van der Waals surface area contributed by atoms with Crippen molar-refractivity contribution in [3.63, 3.8) is 0 Å². The Kier molecular flexibility index (Phi) is 54.9. The molecule has 0 spiro atoms. The monoisotopic (exact) mass is 231 g/mol. The number of hydrogen-bond acceptors (Lipinski definition) is 0. The molecule has 0 fully saturated rings. The molecule has 0 amide bonds. The summed E-state index contributed by atoms with van der Waals surface area (Å²) in [7, 11) is 0. The minimum absolute atomic E-state index is 0. The standard InChI is InChI=1S/C8H18.3K/c1-3-5-7-8-6-4-2;;;/h3-8H2,1-2H3;;;. The van der Waals surface area contributed by atoms with Crippen molar-refractivity contribution in [3.05, 3.63) is 0 Å². The topological polar surface area (TPSA) is 0 Å². The van der Waals surface area contributed by atoms with Crippen molar-refractivity contribution >= 4 is 154 Å². The van der Waals surface area contributed by atoms with Gasteiger partial charge in [0, 0.05) is 154 Å². The van der Waals surface area contributed by atoms with E-state index < -0.39 is 0 Å². The van der Waals surface area contributed by atoms with Crippen molar-refractivity contribution in [3.8, 4) is 0 Å². The van der Waals surface area contributed by atoms with Crippen LogP contribution in [-0.4, -0.2) is 154 Å². The molecule has 3 heteroatoms. The van der Waals surface area contributed by atoms with E-state index >= 15 is 0 Å². The number of hydrogen-bond donors (Lipinski definition) is 0. The molecule has 0 heterocycles. The minimum atomic E-state index is 0. The normalized spacial score (nSPS) is 7.09. The second-order valence-electron chi connectivity index (χ2n) is 2.41. The van der Waals surface area contributed by atoms with Crippen LogP contribution in [-0.2, 0) is 0 Å². The van der Waals surface area contributed by atoms with Gasteiger partial charge >= 0.3 is 0 Å². The number of rotatable bonds is 5. The van der Waals surface area contributed by atoms with E-state index in [1.807, 2.05) is 0 Å². The van der Waals surface area contributed by atoms with Crippen molar-refractivity contribution in [1.29, 1.82) is 0 Å². The molecule has 0 nitrogen and oxygen atoms in total. The summed E-state index contributed by atoms with van der Waals surface area (Å²) in [6, 6.07) is 0. The fourth-order valence-electron chi connectivity index (χ4n) is 0.854. The van der Waals surface area contributed by atoms with Crippen molar-refractivity contribution in [2.24, 2.45) is 0 Å². The van der Waals surface area contributed by atoms with E-state index in [2.05, 4.69) is 13.8 Å². The van der Waals surface area contributed by atoms with E-state index in [9.17, 15) is 0 Å². The van der Waals surface area contributed by atoms with Gasteiger partial charge in [0.1, 0.15) is 0 Å². The molecule has 0 aliphatic heterocycles. The molecule has 0 atom stereocenters. The Bertz CT molecular complexity index is 34.3. The molecular weight excluding hydrogens is 213 g/mol. The molecule has 0 saturated carbocycles. The van der Waals surface area contributed by atoms with E-state index in [-0.39, 0.29) is 154 Å². The molecule has 0 aromatic rings. The SMILES string of the molecule is CCCCCCCC.[K].[K].[K]. The zero-order valence-corrected chi connectivity index (χ0v) is 18.6. The predicted octanol–water partition coefficient (Wildman–Crippen LogP) is 2.22. The Labute approximate surface area is 200 Å². The third kappa shape index (κ3) is 25.3. The van der Waals surface area contributed by atoms with Gasteiger partial charge < -0.3 is 0 Å². The average molecular weight is 232 g/mol. The first-order valence-electron chi connectivity index (χ1n) is 3.91. The molecule has 53 valence electrons. The summed E-state index contributed by atoms with van der Waals surface area (Å²) in [6.07, 6.45) is 8.49. The maximum Gasteiger partial charge on any atom is 0 e. The first kappa shape index (κ1) is 24.9. The van der Waals surface area contributed by atoms with Crippen LogP contribution in [0.2, 0.25) is 0 Å². The van der Waals surface area contributed by atoms with Gasteiger partial charge in [0.2, 0.25) is 0 Å². The van der Waals surface area contributed by atoms with Gasteiger partial charge in [-0.1, -0.05) is 52.4 Å². The van der Waals surface area contributed by atoms with E-state index in [4.69, 9.17) is 0 Å². The largest absolute Gasteiger partial charge is 0.0654 e. The summed E-state index contributed by atoms with van der Waals surface area (Å²) in [4.78, 5) is 0. The van der Waals surface area contributed by atoms with Gasteiger partial charge in [-0.2, -0.15) is 0 Å². The molecule has 11 heavy (non-hydrogen) atoms. The summed E-state index contributed by atoms with van der Waals surface area (Å²) in [5, 5.41) is 0. The molecule has 0 rings (SSSR count). The molecule has 0 unspecified atom stereocenters. The van der Waals surface area contributed by atoms with Crippen LogP contribution in [0.5, 0.6) is 0 Å².